The number of aromatic nitrogens is 1. The van der Waals surface area contributed by atoms with Crippen LogP contribution in [0.15, 0.2) is 41.2 Å². The van der Waals surface area contributed by atoms with Crippen LogP contribution < -0.4 is 0 Å². The molecule has 1 aromatic heterocycles. The molecule has 160 valence electrons. The van der Waals surface area contributed by atoms with E-state index < -0.39 is 0 Å². The van der Waals surface area contributed by atoms with Gasteiger partial charge in [0.15, 0.2) is 0 Å². The topological polar surface area (TPSA) is 72.0 Å². The number of hydrogen-bond acceptors (Lipinski definition) is 6. The summed E-state index contributed by atoms with van der Waals surface area (Å²) in [4.78, 5) is 33.5. The van der Waals surface area contributed by atoms with Gasteiger partial charge < -0.3 is 19.3 Å². The molecule has 0 aliphatic carbocycles. The number of carbonyl (C=O) groups excluding carboxylic acids is 2. The Hall–Kier alpha value is -2.29. The monoisotopic (exact) mass is 429 g/mol. The molecule has 2 aromatic rings. The van der Waals surface area contributed by atoms with Crippen LogP contribution in [0.4, 0.5) is 0 Å². The Morgan fingerprint density at radius 2 is 2.00 bits per heavy atom. The van der Waals surface area contributed by atoms with Crippen molar-refractivity contribution in [2.24, 2.45) is 5.92 Å². The molecule has 2 amide bonds. The van der Waals surface area contributed by atoms with Gasteiger partial charge in [-0.15, -0.1) is 11.3 Å². The zero-order valence-electron chi connectivity index (χ0n) is 16.9. The predicted molar refractivity (Wildman–Crippen MR) is 113 cm³/mol. The Morgan fingerprint density at radius 3 is 2.73 bits per heavy atom. The third kappa shape index (κ3) is 5.44. The summed E-state index contributed by atoms with van der Waals surface area (Å²) < 4.78 is 11.6. The molecule has 0 radical (unpaired) electrons. The van der Waals surface area contributed by atoms with Crippen LogP contribution in [0.1, 0.15) is 28.9 Å². The minimum Gasteiger partial charge on any atom is -0.381 e. The molecule has 1 aromatic carbocycles. The van der Waals surface area contributed by atoms with Gasteiger partial charge in [-0.2, -0.15) is 0 Å². The number of benzene rings is 1. The van der Waals surface area contributed by atoms with Crippen LogP contribution >= 0.6 is 11.3 Å². The van der Waals surface area contributed by atoms with Gasteiger partial charge in [-0.05, 0) is 24.3 Å². The fourth-order valence-corrected chi connectivity index (χ4v) is 4.45. The van der Waals surface area contributed by atoms with Crippen LogP contribution in [-0.2, 0) is 20.9 Å². The number of nitrogens with zero attached hydrogens (tertiary/aromatic N) is 3. The molecule has 2 aliphatic rings. The molecule has 7 nitrogen and oxygen atoms in total. The molecule has 0 spiro atoms. The molecule has 2 fully saturated rings. The van der Waals surface area contributed by atoms with Crippen molar-refractivity contribution in [3.05, 3.63) is 52.5 Å². The number of amides is 2. The summed E-state index contributed by atoms with van der Waals surface area (Å²) in [5, 5.41) is 1.72. The molecule has 2 aliphatic heterocycles. The lowest BCUT2D eigenvalue weighted by atomic mass is 9.99. The minimum atomic E-state index is -0.251. The average molecular weight is 430 g/mol. The summed E-state index contributed by atoms with van der Waals surface area (Å²) in [6.07, 6.45) is 1.67. The molecular weight excluding hydrogens is 402 g/mol. The second-order valence-electron chi connectivity index (χ2n) is 7.83. The van der Waals surface area contributed by atoms with Gasteiger partial charge in [-0.1, -0.05) is 30.3 Å². The van der Waals surface area contributed by atoms with Crippen LogP contribution in [0.3, 0.4) is 0 Å². The fraction of sp³-hybridized carbons (Fsp3) is 0.500. The van der Waals surface area contributed by atoms with Crippen molar-refractivity contribution in [3.8, 4) is 0 Å². The normalized spacial score (nSPS) is 20.9. The highest BCUT2D eigenvalue weighted by Gasteiger charge is 2.33. The Labute approximate surface area is 180 Å². The lowest BCUT2D eigenvalue weighted by molar-refractivity contribution is -0.132. The molecule has 4 rings (SSSR count). The van der Waals surface area contributed by atoms with Gasteiger partial charge in [0.25, 0.3) is 5.91 Å². The Bertz CT molecular complexity index is 824. The summed E-state index contributed by atoms with van der Waals surface area (Å²) in [6.45, 7) is 3.55. The molecule has 0 N–H and O–H groups in total. The second-order valence-corrected chi connectivity index (χ2v) is 8.55. The van der Waals surface area contributed by atoms with Crippen molar-refractivity contribution >= 4 is 23.2 Å². The maximum absolute atomic E-state index is 13.0. The highest BCUT2D eigenvalue weighted by molar-refractivity contribution is 7.07. The highest BCUT2D eigenvalue weighted by Crippen LogP contribution is 2.20. The van der Waals surface area contributed by atoms with Crippen LogP contribution in [-0.4, -0.2) is 72.1 Å². The Morgan fingerprint density at radius 1 is 1.20 bits per heavy atom. The molecule has 1 unspecified atom stereocenters. The quantitative estimate of drug-likeness (QED) is 0.705. The molecule has 3 heterocycles. The number of ether oxygens (including phenoxy) is 2. The Balaban J connectivity index is 1.47. The van der Waals surface area contributed by atoms with E-state index in [1.165, 1.54) is 11.3 Å². The summed E-state index contributed by atoms with van der Waals surface area (Å²) >= 11 is 1.37. The first-order valence-electron chi connectivity index (χ1n) is 10.4. The predicted octanol–water partition coefficient (Wildman–Crippen LogP) is 2.44. The van der Waals surface area contributed by atoms with Gasteiger partial charge in [0.05, 0.1) is 18.2 Å². The van der Waals surface area contributed by atoms with Crippen molar-refractivity contribution in [2.45, 2.75) is 25.6 Å². The van der Waals surface area contributed by atoms with Gasteiger partial charge in [-0.25, -0.2) is 4.98 Å². The average Bonchev–Trinajstić information content (AvgIpc) is 3.27. The maximum Gasteiger partial charge on any atom is 0.273 e. The smallest absolute Gasteiger partial charge is 0.273 e. The van der Waals surface area contributed by atoms with Crippen molar-refractivity contribution in [2.75, 3.05) is 39.4 Å². The first-order chi connectivity index (χ1) is 14.7. The number of thiazole rings is 1. The zero-order valence-corrected chi connectivity index (χ0v) is 17.8. The van der Waals surface area contributed by atoms with E-state index in [1.807, 2.05) is 35.2 Å². The first kappa shape index (κ1) is 21.0. The van der Waals surface area contributed by atoms with E-state index in [2.05, 4.69) is 4.98 Å². The third-order valence-electron chi connectivity index (χ3n) is 5.61. The van der Waals surface area contributed by atoms with E-state index in [1.54, 1.807) is 15.8 Å². The molecule has 0 bridgehead atoms. The maximum atomic E-state index is 13.0. The molecule has 2 saturated heterocycles. The lowest BCUT2D eigenvalue weighted by Gasteiger charge is -2.30. The van der Waals surface area contributed by atoms with Crippen molar-refractivity contribution in [1.82, 2.24) is 14.8 Å². The van der Waals surface area contributed by atoms with Gasteiger partial charge in [0.1, 0.15) is 12.2 Å². The SMILES string of the molecule is O=C1CN(C(=O)c2cscn2)CC(OCc2ccccc2)CN1CC1CCOCC1. The number of hydrogen-bond donors (Lipinski definition) is 0. The number of rotatable bonds is 6. The lowest BCUT2D eigenvalue weighted by Crippen LogP contribution is -2.42. The standard InChI is InChI=1S/C22H27N3O4S/c26-21-13-25(22(27)20-15-30-16-23-20)12-19(29-14-18-4-2-1-3-5-18)11-24(21)10-17-6-8-28-9-7-17/h1-5,15-17,19H,6-14H2. The van der Waals surface area contributed by atoms with E-state index in [9.17, 15) is 9.59 Å². The molecule has 8 heteroatoms. The molecule has 1 atom stereocenters. The minimum absolute atomic E-state index is 0.0316. The van der Waals surface area contributed by atoms with E-state index in [4.69, 9.17) is 9.47 Å². The van der Waals surface area contributed by atoms with Crippen molar-refractivity contribution in [1.29, 1.82) is 0 Å². The van der Waals surface area contributed by atoms with Crippen LogP contribution in [0, 0.1) is 5.92 Å². The van der Waals surface area contributed by atoms with Crippen molar-refractivity contribution < 1.29 is 19.1 Å². The molecule has 0 saturated carbocycles. The van der Waals surface area contributed by atoms with Crippen LogP contribution in [0.5, 0.6) is 0 Å². The van der Waals surface area contributed by atoms with Crippen LogP contribution in [0.25, 0.3) is 0 Å². The third-order valence-corrected chi connectivity index (χ3v) is 6.20. The summed E-state index contributed by atoms with van der Waals surface area (Å²) in [5.74, 6) is 0.181. The van der Waals surface area contributed by atoms with Gasteiger partial charge >= 0.3 is 0 Å². The molecular formula is C22H27N3O4S. The highest BCUT2D eigenvalue weighted by atomic mass is 32.1. The van der Waals surface area contributed by atoms with Gasteiger partial charge in [-0.3, -0.25) is 9.59 Å². The van der Waals surface area contributed by atoms with Gasteiger partial charge in [0.2, 0.25) is 5.91 Å². The summed E-state index contributed by atoms with van der Waals surface area (Å²) in [5.41, 5.74) is 3.09. The van der Waals surface area contributed by atoms with Crippen LogP contribution in [0.2, 0.25) is 0 Å². The van der Waals surface area contributed by atoms with E-state index in [0.717, 1.165) is 31.6 Å². The van der Waals surface area contributed by atoms with E-state index in [0.29, 0.717) is 37.9 Å². The Kier molecular flexibility index (Phi) is 7.09. The fourth-order valence-electron chi connectivity index (χ4n) is 3.92. The molecule has 30 heavy (non-hydrogen) atoms. The first-order valence-corrected chi connectivity index (χ1v) is 11.3. The largest absolute Gasteiger partial charge is 0.381 e. The number of carbonyl (C=O) groups is 2. The van der Waals surface area contributed by atoms with Gasteiger partial charge in [0, 0.05) is 38.2 Å². The summed E-state index contributed by atoms with van der Waals surface area (Å²) in [6, 6.07) is 9.95. The van der Waals surface area contributed by atoms with Crippen molar-refractivity contribution in [3.63, 3.8) is 0 Å². The zero-order chi connectivity index (χ0) is 20.8. The summed E-state index contributed by atoms with van der Waals surface area (Å²) in [7, 11) is 0. The van der Waals surface area contributed by atoms with E-state index in [-0.39, 0.29) is 24.5 Å². The van der Waals surface area contributed by atoms with E-state index >= 15 is 0 Å². The second kappa shape index (κ2) is 10.1.